The van der Waals surface area contributed by atoms with Gasteiger partial charge in [-0.15, -0.1) is 0 Å². The number of rotatable bonds is 7. The van der Waals surface area contributed by atoms with Gasteiger partial charge in [0.25, 0.3) is 0 Å². The second-order valence-electron chi connectivity index (χ2n) is 6.81. The molecule has 0 amide bonds. The fraction of sp³-hybridized carbons (Fsp3) is 0.318. The van der Waals surface area contributed by atoms with Gasteiger partial charge in [0.05, 0.1) is 12.7 Å². The van der Waals surface area contributed by atoms with Gasteiger partial charge in [0.1, 0.15) is 22.8 Å². The summed E-state index contributed by atoms with van der Waals surface area (Å²) in [6.45, 7) is 6.92. The smallest absolute Gasteiger partial charge is 0.146 e. The van der Waals surface area contributed by atoms with Crippen molar-refractivity contribution in [3.05, 3.63) is 59.7 Å². The number of hydrogen-bond acceptors (Lipinski definition) is 4. The summed E-state index contributed by atoms with van der Waals surface area (Å²) in [5.74, 6) is 2.21. The molecule has 4 nitrogen and oxygen atoms in total. The third-order valence-corrected chi connectivity index (χ3v) is 4.25. The maximum atomic E-state index is 6.10. The van der Waals surface area contributed by atoms with Crippen LogP contribution in [-0.2, 0) is 0 Å². The highest BCUT2D eigenvalue weighted by Crippen LogP contribution is 2.26. The molecule has 1 atom stereocenters. The molecular weight excluding hydrogens is 324 g/mol. The summed E-state index contributed by atoms with van der Waals surface area (Å²) in [6, 6.07) is 16.0. The van der Waals surface area contributed by atoms with Crippen LogP contribution in [0, 0.1) is 13.8 Å². The van der Waals surface area contributed by atoms with Crippen LogP contribution in [0.2, 0.25) is 0 Å². The van der Waals surface area contributed by atoms with Crippen molar-refractivity contribution < 1.29 is 9.47 Å². The van der Waals surface area contributed by atoms with Crippen LogP contribution in [0.4, 0.5) is 5.82 Å². The second-order valence-corrected chi connectivity index (χ2v) is 6.81. The maximum Gasteiger partial charge on any atom is 0.146 e. The van der Waals surface area contributed by atoms with Crippen molar-refractivity contribution in [2.75, 3.05) is 12.3 Å². The number of pyridine rings is 1. The molecule has 4 heteroatoms. The molecule has 26 heavy (non-hydrogen) atoms. The zero-order chi connectivity index (χ0) is 18.5. The molecule has 0 spiro atoms. The number of ether oxygens (including phenoxy) is 2. The number of nitrogen functional groups attached to an aromatic ring is 1. The number of aromatic nitrogens is 1. The highest BCUT2D eigenvalue weighted by molar-refractivity contribution is 5.85. The SMILES string of the molecule is Cc1cc(C)cc(OCCCC(C)Oc2cccc3ccc(N)nc23)c1. The molecule has 0 radical (unpaired) electrons. The lowest BCUT2D eigenvalue weighted by atomic mass is 10.1. The molecule has 2 aromatic carbocycles. The number of hydrogen-bond donors (Lipinski definition) is 1. The average Bonchev–Trinajstić information content (AvgIpc) is 2.58. The first-order valence-electron chi connectivity index (χ1n) is 9.04. The first-order valence-corrected chi connectivity index (χ1v) is 9.04. The van der Waals surface area contributed by atoms with Crippen LogP contribution in [-0.4, -0.2) is 17.7 Å². The third-order valence-electron chi connectivity index (χ3n) is 4.25. The first-order chi connectivity index (χ1) is 12.5. The summed E-state index contributed by atoms with van der Waals surface area (Å²) < 4.78 is 12.0. The monoisotopic (exact) mass is 350 g/mol. The van der Waals surface area contributed by atoms with E-state index in [1.807, 2.05) is 24.3 Å². The summed E-state index contributed by atoms with van der Waals surface area (Å²) in [5.41, 5.74) is 9.07. The lowest BCUT2D eigenvalue weighted by Crippen LogP contribution is -2.13. The minimum Gasteiger partial charge on any atom is -0.494 e. The van der Waals surface area contributed by atoms with Gasteiger partial charge in [-0.2, -0.15) is 0 Å². The van der Waals surface area contributed by atoms with E-state index in [1.54, 1.807) is 6.07 Å². The van der Waals surface area contributed by atoms with Gasteiger partial charge in [-0.3, -0.25) is 0 Å². The zero-order valence-electron chi connectivity index (χ0n) is 15.7. The number of nitrogens with two attached hydrogens (primary N) is 1. The minimum absolute atomic E-state index is 0.0756. The Morgan fingerprint density at radius 2 is 1.81 bits per heavy atom. The standard InChI is InChI=1S/C22H26N2O2/c1-15-12-16(2)14-19(13-15)25-11-5-6-17(3)26-20-8-4-7-18-9-10-21(23)24-22(18)20/h4,7-10,12-14,17H,5-6,11H2,1-3H3,(H2,23,24). The summed E-state index contributed by atoms with van der Waals surface area (Å²) in [6.07, 6.45) is 1.91. The summed E-state index contributed by atoms with van der Waals surface area (Å²) in [4.78, 5) is 4.41. The molecule has 0 saturated carbocycles. The lowest BCUT2D eigenvalue weighted by molar-refractivity contribution is 0.195. The van der Waals surface area contributed by atoms with Crippen molar-refractivity contribution in [2.24, 2.45) is 0 Å². The number of anilines is 1. The Labute approximate surface area is 155 Å². The van der Waals surface area contributed by atoms with E-state index in [4.69, 9.17) is 15.2 Å². The van der Waals surface area contributed by atoms with E-state index in [-0.39, 0.29) is 6.10 Å². The van der Waals surface area contributed by atoms with Gasteiger partial charge < -0.3 is 15.2 Å². The van der Waals surface area contributed by atoms with E-state index >= 15 is 0 Å². The Hall–Kier alpha value is -2.75. The molecule has 3 aromatic rings. The molecule has 1 heterocycles. The van der Waals surface area contributed by atoms with E-state index in [1.165, 1.54) is 11.1 Å². The van der Waals surface area contributed by atoms with E-state index in [2.05, 4.69) is 44.0 Å². The maximum absolute atomic E-state index is 6.10. The molecule has 0 bridgehead atoms. The molecular formula is C22H26N2O2. The van der Waals surface area contributed by atoms with Crippen molar-refractivity contribution in [2.45, 2.75) is 39.7 Å². The van der Waals surface area contributed by atoms with Crippen LogP contribution < -0.4 is 15.2 Å². The molecule has 0 aliphatic heterocycles. The van der Waals surface area contributed by atoms with Gasteiger partial charge in [-0.25, -0.2) is 4.98 Å². The first kappa shape index (κ1) is 18.1. The largest absolute Gasteiger partial charge is 0.494 e. The van der Waals surface area contributed by atoms with Gasteiger partial charge >= 0.3 is 0 Å². The van der Waals surface area contributed by atoms with Gasteiger partial charge in [0.15, 0.2) is 0 Å². The number of benzene rings is 2. The molecule has 2 N–H and O–H groups in total. The van der Waals surface area contributed by atoms with Crippen LogP contribution in [0.5, 0.6) is 11.5 Å². The molecule has 3 rings (SSSR count). The summed E-state index contributed by atoms with van der Waals surface area (Å²) in [5, 5.41) is 1.03. The van der Waals surface area contributed by atoms with E-state index < -0.39 is 0 Å². The van der Waals surface area contributed by atoms with Crippen molar-refractivity contribution in [1.82, 2.24) is 4.98 Å². The minimum atomic E-state index is 0.0756. The van der Waals surface area contributed by atoms with Crippen molar-refractivity contribution in [3.8, 4) is 11.5 Å². The van der Waals surface area contributed by atoms with E-state index in [0.717, 1.165) is 35.2 Å². The Balaban J connectivity index is 1.53. The van der Waals surface area contributed by atoms with Crippen molar-refractivity contribution >= 4 is 16.7 Å². The Bertz CT molecular complexity index is 872. The van der Waals surface area contributed by atoms with Crippen molar-refractivity contribution in [1.29, 1.82) is 0 Å². The van der Waals surface area contributed by atoms with E-state index in [0.29, 0.717) is 12.4 Å². The quantitative estimate of drug-likeness (QED) is 0.605. The van der Waals surface area contributed by atoms with Crippen LogP contribution in [0.3, 0.4) is 0 Å². The van der Waals surface area contributed by atoms with Gasteiger partial charge in [-0.05, 0) is 75.1 Å². The van der Waals surface area contributed by atoms with Crippen LogP contribution in [0.25, 0.3) is 10.9 Å². The third kappa shape index (κ3) is 4.66. The lowest BCUT2D eigenvalue weighted by Gasteiger charge is -2.16. The van der Waals surface area contributed by atoms with Gasteiger partial charge in [0.2, 0.25) is 0 Å². The normalized spacial score (nSPS) is 12.1. The predicted molar refractivity (Wildman–Crippen MR) is 107 cm³/mol. The molecule has 0 saturated heterocycles. The molecule has 0 aliphatic carbocycles. The summed E-state index contributed by atoms with van der Waals surface area (Å²) in [7, 11) is 0. The van der Waals surface area contributed by atoms with Gasteiger partial charge in [0, 0.05) is 5.39 Å². The van der Waals surface area contributed by atoms with Gasteiger partial charge in [-0.1, -0.05) is 18.2 Å². The molecule has 0 aliphatic rings. The molecule has 1 unspecified atom stereocenters. The number of fused-ring (bicyclic) bond motifs is 1. The van der Waals surface area contributed by atoms with Crippen LogP contribution >= 0.6 is 0 Å². The highest BCUT2D eigenvalue weighted by Gasteiger charge is 2.09. The Morgan fingerprint density at radius 1 is 1.04 bits per heavy atom. The molecule has 136 valence electrons. The Morgan fingerprint density at radius 3 is 2.58 bits per heavy atom. The predicted octanol–water partition coefficient (Wildman–Crippen LogP) is 5.06. The van der Waals surface area contributed by atoms with Crippen molar-refractivity contribution in [3.63, 3.8) is 0 Å². The second kappa shape index (κ2) is 8.09. The topological polar surface area (TPSA) is 57.4 Å². The summed E-state index contributed by atoms with van der Waals surface area (Å²) >= 11 is 0. The number of nitrogens with zero attached hydrogens (tertiary/aromatic N) is 1. The van der Waals surface area contributed by atoms with Crippen LogP contribution in [0.1, 0.15) is 30.9 Å². The highest BCUT2D eigenvalue weighted by atomic mass is 16.5. The number of para-hydroxylation sites is 1. The number of aryl methyl sites for hydroxylation is 2. The fourth-order valence-electron chi connectivity index (χ4n) is 3.08. The van der Waals surface area contributed by atoms with Crippen LogP contribution in [0.15, 0.2) is 48.5 Å². The molecule has 0 fully saturated rings. The molecule has 1 aromatic heterocycles. The fourth-order valence-corrected chi connectivity index (χ4v) is 3.08. The van der Waals surface area contributed by atoms with E-state index in [9.17, 15) is 0 Å². The Kier molecular flexibility index (Phi) is 5.61. The average molecular weight is 350 g/mol. The zero-order valence-corrected chi connectivity index (χ0v) is 15.7.